The van der Waals surface area contributed by atoms with Gasteiger partial charge < -0.3 is 20.9 Å². The summed E-state index contributed by atoms with van der Waals surface area (Å²) in [6, 6.07) is 0. The van der Waals surface area contributed by atoms with Crippen molar-refractivity contribution in [2.45, 2.75) is 157 Å². The molecule has 0 unspecified atom stereocenters. The summed E-state index contributed by atoms with van der Waals surface area (Å²) in [6.07, 6.45) is 0. The van der Waals surface area contributed by atoms with E-state index in [2.05, 4.69) is 157 Å². The Morgan fingerprint density at radius 3 is 0.682 bits per heavy atom. The maximum atomic E-state index is 17.0. The first-order chi connectivity index (χ1) is 17.0. The largest absolute Gasteiger partial charge is 1.00 e. The van der Waals surface area contributed by atoms with Gasteiger partial charge in [0.05, 0.1) is 6.63 Å². The minimum absolute atomic E-state index is 0. The molecular formula is C25H75Li3O3Si13. The summed E-state index contributed by atoms with van der Waals surface area (Å²) in [4.78, 5) is 48.2. The number of hydrogen-bond acceptors (Lipinski definition) is 3. The summed E-state index contributed by atoms with van der Waals surface area (Å²) in [5, 5.41) is 0. The molecule has 0 heterocycles. The van der Waals surface area contributed by atoms with E-state index < -0.39 is 94.1 Å². The van der Waals surface area contributed by atoms with Crippen LogP contribution in [0.5, 0.6) is 0 Å². The van der Waals surface area contributed by atoms with Crippen molar-refractivity contribution in [3.63, 3.8) is 0 Å². The fraction of sp³-hybridized carbons (Fsp3) is 0.960. The second-order valence-corrected chi connectivity index (χ2v) is 165. The van der Waals surface area contributed by atoms with Crippen LogP contribution in [0.1, 0.15) is 0 Å². The fourth-order valence-electron chi connectivity index (χ4n) is 10.2. The Kier molecular flexibility index (Phi) is 18.9. The van der Waals surface area contributed by atoms with Gasteiger partial charge in [-0.2, -0.15) is 0 Å². The van der Waals surface area contributed by atoms with E-state index >= 15 is 9.59 Å². The maximum Gasteiger partial charge on any atom is 1.00 e. The Balaban J connectivity index is -0.00000267. The van der Waals surface area contributed by atoms with E-state index in [-0.39, 0.29) is 56.6 Å². The summed E-state index contributed by atoms with van der Waals surface area (Å²) < 4.78 is 0. The standard InChI is InChI=1S/C25H75O3Si13.3Li/c1-29(2,3)38(22,30(4,5)6)35(19,26)41(25,36(20,27)39(23,31(7,8)9)32(10,11)12)37(21,28)40(24,33(13,14)15)34(16,17)18;;;/h27H,19H2,1-18,20-25H3;;;/q-3;3*+1/t35-,36-,37-,41-;;;/m0.../s1. The Hall–Kier alpha value is 4.49. The molecule has 0 bridgehead atoms. The van der Waals surface area contributed by atoms with Crippen molar-refractivity contribution in [3.8, 4) is 0 Å². The molecule has 0 radical (unpaired) electrons. The molecule has 0 aliphatic carbocycles. The minimum atomic E-state index is -3.67. The van der Waals surface area contributed by atoms with Crippen LogP contribution in [0.2, 0.25) is 157 Å². The molecule has 0 aliphatic rings. The first-order valence-corrected chi connectivity index (χ1v) is 66.0. The summed E-state index contributed by atoms with van der Waals surface area (Å²) >= 11 is 0. The van der Waals surface area contributed by atoms with Gasteiger partial charge in [0.15, 0.2) is 0 Å². The molecule has 248 valence electrons. The smallest absolute Gasteiger partial charge is 0.881 e. The Morgan fingerprint density at radius 2 is 0.523 bits per heavy atom. The predicted octanol–water partition coefficient (Wildman–Crippen LogP) is -2.53. The molecule has 0 aliphatic heterocycles. The third kappa shape index (κ3) is 7.60. The molecule has 0 amide bonds. The van der Waals surface area contributed by atoms with E-state index in [0.717, 1.165) is 0 Å². The third-order valence-corrected chi connectivity index (χ3v) is 314. The molecule has 0 rings (SSSR count). The van der Waals surface area contributed by atoms with Crippen LogP contribution in [0.3, 0.4) is 0 Å². The van der Waals surface area contributed by atoms with Crippen LogP contribution in [0.4, 0.5) is 0 Å². The van der Waals surface area contributed by atoms with Gasteiger partial charge in [-0.25, -0.2) is 7.35 Å². The van der Waals surface area contributed by atoms with Crippen LogP contribution < -0.4 is 66.2 Å². The third-order valence-electron chi connectivity index (χ3n) is 14.5. The van der Waals surface area contributed by atoms with Crippen molar-refractivity contribution < 1.29 is 71.0 Å². The average molecular weight is 810 g/mol. The molecule has 0 saturated heterocycles. The van der Waals surface area contributed by atoms with Crippen molar-refractivity contribution in [1.29, 1.82) is 0 Å². The van der Waals surface area contributed by atoms with Crippen LogP contribution >= 0.6 is 0 Å². The van der Waals surface area contributed by atoms with Gasteiger partial charge >= 0.3 is 56.6 Å². The first kappa shape index (κ1) is 55.3. The molecule has 0 aromatic carbocycles. The van der Waals surface area contributed by atoms with Crippen molar-refractivity contribution in [1.82, 2.24) is 0 Å². The van der Waals surface area contributed by atoms with Crippen molar-refractivity contribution in [2.75, 3.05) is 0 Å². The van der Waals surface area contributed by atoms with Gasteiger partial charge in [0.1, 0.15) is 7.35 Å². The monoisotopic (exact) mass is 808 g/mol. The number of hydrogen-bond donors (Lipinski definition) is 1. The van der Waals surface area contributed by atoms with Gasteiger partial charge in [0, 0.05) is 52.2 Å². The van der Waals surface area contributed by atoms with Crippen LogP contribution in [0.15, 0.2) is 0 Å². The van der Waals surface area contributed by atoms with Crippen molar-refractivity contribution in [2.24, 2.45) is 0 Å². The van der Waals surface area contributed by atoms with Crippen LogP contribution in [-0.2, 0) is 0 Å². The van der Waals surface area contributed by atoms with Gasteiger partial charge in [-0.3, -0.25) is 0 Å². The van der Waals surface area contributed by atoms with Crippen molar-refractivity contribution >= 4 is 94.1 Å². The molecular weight excluding hydrogens is 734 g/mol. The Bertz CT molecular complexity index is 806. The summed E-state index contributed by atoms with van der Waals surface area (Å²) in [7, 11) is -22.0. The van der Waals surface area contributed by atoms with E-state index in [1.165, 1.54) is 0 Å². The maximum absolute atomic E-state index is 17.0. The topological polar surface area (TPSA) is 66.3 Å². The van der Waals surface area contributed by atoms with E-state index in [4.69, 9.17) is 6.55 Å². The van der Waals surface area contributed by atoms with Gasteiger partial charge in [-0.1, -0.05) is 164 Å². The molecule has 44 heavy (non-hydrogen) atoms. The molecule has 0 aromatic heterocycles. The Labute approximate surface area is 325 Å². The number of rotatable bonds is 12. The van der Waals surface area contributed by atoms with Gasteiger partial charge in [0.25, 0.3) is 0 Å². The molecule has 0 saturated carbocycles. The molecule has 0 aromatic rings. The van der Waals surface area contributed by atoms with Crippen LogP contribution in [0, 0.1) is 6.55 Å². The summed E-state index contributed by atoms with van der Waals surface area (Å²) in [5.74, 6) is 0. The molecule has 0 spiro atoms. The molecule has 0 fully saturated rings. The summed E-state index contributed by atoms with van der Waals surface area (Å²) in [5.41, 5.74) is 0. The van der Waals surface area contributed by atoms with E-state index in [1.807, 2.05) is 0 Å². The zero-order chi connectivity index (χ0) is 34.5. The molecule has 4 atom stereocenters. The molecule has 3 nitrogen and oxygen atoms in total. The predicted molar refractivity (Wildman–Crippen MR) is 223 cm³/mol. The van der Waals surface area contributed by atoms with E-state index in [0.29, 0.717) is 0 Å². The molecule has 1 N–H and O–H groups in total. The zero-order valence-electron chi connectivity index (χ0n) is 35.5. The van der Waals surface area contributed by atoms with Gasteiger partial charge in [0.2, 0.25) is 0 Å². The van der Waals surface area contributed by atoms with E-state index in [9.17, 15) is 4.80 Å². The Morgan fingerprint density at radius 1 is 0.341 bits per heavy atom. The van der Waals surface area contributed by atoms with Crippen LogP contribution in [0.25, 0.3) is 0 Å². The fourth-order valence-corrected chi connectivity index (χ4v) is 505. The second kappa shape index (κ2) is 15.1. The quantitative estimate of drug-likeness (QED) is 0.175. The second-order valence-electron chi connectivity index (χ2n) is 20.9. The van der Waals surface area contributed by atoms with Gasteiger partial charge in [-0.15, -0.1) is 0 Å². The average Bonchev–Trinajstić information content (AvgIpc) is 2.64. The van der Waals surface area contributed by atoms with Crippen LogP contribution in [-0.4, -0.2) is 98.9 Å². The minimum Gasteiger partial charge on any atom is -0.881 e. The first-order valence-electron chi connectivity index (χ1n) is 16.0. The van der Waals surface area contributed by atoms with E-state index in [1.54, 1.807) is 0 Å². The van der Waals surface area contributed by atoms with Crippen molar-refractivity contribution in [3.05, 3.63) is 6.55 Å². The van der Waals surface area contributed by atoms with Gasteiger partial charge in [-0.05, 0) is 13.3 Å². The summed E-state index contributed by atoms with van der Waals surface area (Å²) in [6.45, 7) is 53.8. The normalized spacial score (nSPS) is 20.5. The SMILES string of the molecule is [CH2-][Si@]([O-])([Si](C)([Si](C)(C)C)[Si](C)(C)C)[Si@](C)([Si@@](C)([O-])[Si](C)([Si](C)(C)C)[Si](C)(C)C)[Si@@](C)(O)[Si](C)([Si](C)(C)C)[Si](C)(C)C.[Li+].[Li+].[Li+]. The molecule has 19 heteroatoms. The zero-order valence-corrected chi connectivity index (χ0v) is 48.5.